The highest BCUT2D eigenvalue weighted by molar-refractivity contribution is 6.38. The normalized spacial score (nSPS) is 18.9. The molecular formula is C7H17BN. The summed E-state index contributed by atoms with van der Waals surface area (Å²) in [5.74, 6) is 0. The molecule has 2 heteroatoms. The molecule has 1 atom stereocenters. The zero-order valence-corrected chi connectivity index (χ0v) is 7.15. The van der Waals surface area contributed by atoms with Gasteiger partial charge in [0.1, 0.15) is 7.28 Å². The van der Waals surface area contributed by atoms with E-state index in [0.29, 0.717) is 0 Å². The Morgan fingerprint density at radius 3 is 1.44 bits per heavy atom. The van der Waals surface area contributed by atoms with Gasteiger partial charge >= 0.3 is 0 Å². The molecule has 1 radical (unpaired) electrons. The van der Waals surface area contributed by atoms with Crippen molar-refractivity contribution in [1.82, 2.24) is 0 Å². The minimum Gasteiger partial charge on any atom is -0.332 e. The highest BCUT2D eigenvalue weighted by Gasteiger charge is 2.31. The van der Waals surface area contributed by atoms with Crippen LogP contribution in [0, 0.1) is 5.41 Å². The van der Waals surface area contributed by atoms with Crippen molar-refractivity contribution < 1.29 is 0 Å². The molecule has 0 bridgehead atoms. The quantitative estimate of drug-likeness (QED) is 0.529. The predicted molar refractivity (Wildman–Crippen MR) is 43.7 cm³/mol. The van der Waals surface area contributed by atoms with Gasteiger partial charge in [-0.1, -0.05) is 34.5 Å². The van der Waals surface area contributed by atoms with E-state index in [1.807, 2.05) is 21.0 Å². The lowest BCUT2D eigenvalue weighted by atomic mass is 9.51. The standard InChI is InChI=1S/C7H17BN/c1-6(2,3)7(4,9)8-5/h9H2,1-5H3. The van der Waals surface area contributed by atoms with Gasteiger partial charge in [0, 0.05) is 0 Å². The lowest BCUT2D eigenvalue weighted by Gasteiger charge is -2.37. The maximum Gasteiger partial charge on any atom is 0.133 e. The fourth-order valence-corrected chi connectivity index (χ4v) is 0.433. The van der Waals surface area contributed by atoms with Crippen molar-refractivity contribution >= 4 is 7.28 Å². The fraction of sp³-hybridized carbons (Fsp3) is 1.00. The first-order valence-corrected chi connectivity index (χ1v) is 3.40. The molecule has 0 spiro atoms. The SMILES string of the molecule is C[B]C(C)(N)C(C)(C)C. The summed E-state index contributed by atoms with van der Waals surface area (Å²) < 4.78 is 0. The Hall–Kier alpha value is 0.0249. The number of nitrogens with two attached hydrogens (primary N) is 1. The Bertz CT molecular complexity index is 91.6. The molecule has 2 N–H and O–H groups in total. The average Bonchev–Trinajstić information content (AvgIpc) is 1.64. The van der Waals surface area contributed by atoms with Crippen LogP contribution < -0.4 is 5.73 Å². The number of rotatable bonds is 1. The Morgan fingerprint density at radius 2 is 1.44 bits per heavy atom. The molecule has 0 rings (SSSR count). The summed E-state index contributed by atoms with van der Waals surface area (Å²) in [7, 11) is 2.05. The summed E-state index contributed by atoms with van der Waals surface area (Å²) in [6.45, 7) is 10.5. The molecule has 0 heterocycles. The van der Waals surface area contributed by atoms with Crippen LogP contribution in [-0.2, 0) is 0 Å². The van der Waals surface area contributed by atoms with E-state index in [-0.39, 0.29) is 10.9 Å². The van der Waals surface area contributed by atoms with Gasteiger partial charge in [0.15, 0.2) is 0 Å². The van der Waals surface area contributed by atoms with Crippen LogP contribution in [0.4, 0.5) is 0 Å². The van der Waals surface area contributed by atoms with Gasteiger partial charge in [-0.15, -0.1) is 0 Å². The van der Waals surface area contributed by atoms with Crippen LogP contribution in [0.25, 0.3) is 0 Å². The van der Waals surface area contributed by atoms with E-state index in [1.54, 1.807) is 0 Å². The molecule has 1 nitrogen and oxygen atoms in total. The monoisotopic (exact) mass is 126 g/mol. The molecule has 0 aromatic carbocycles. The second-order valence-corrected chi connectivity index (χ2v) is 3.82. The molecule has 0 saturated carbocycles. The molecule has 53 valence electrons. The van der Waals surface area contributed by atoms with Crippen LogP contribution in [0.3, 0.4) is 0 Å². The second kappa shape index (κ2) is 2.33. The Morgan fingerprint density at radius 1 is 1.11 bits per heavy atom. The molecule has 0 aliphatic heterocycles. The fourth-order valence-electron chi connectivity index (χ4n) is 0.433. The van der Waals surface area contributed by atoms with Gasteiger partial charge < -0.3 is 5.73 Å². The van der Waals surface area contributed by atoms with Crippen molar-refractivity contribution in [3.05, 3.63) is 0 Å². The molecule has 0 amide bonds. The van der Waals surface area contributed by atoms with Crippen LogP contribution in [0.1, 0.15) is 27.7 Å². The Labute approximate surface area is 59.3 Å². The first kappa shape index (κ1) is 9.02. The summed E-state index contributed by atoms with van der Waals surface area (Å²) in [6.07, 6.45) is 0. The van der Waals surface area contributed by atoms with Crippen molar-refractivity contribution in [3.8, 4) is 0 Å². The van der Waals surface area contributed by atoms with Crippen molar-refractivity contribution in [2.75, 3.05) is 0 Å². The number of hydrogen-bond donors (Lipinski definition) is 1. The van der Waals surface area contributed by atoms with Crippen LogP contribution in [0.2, 0.25) is 6.82 Å². The largest absolute Gasteiger partial charge is 0.332 e. The Balaban J connectivity index is 4.14. The zero-order valence-electron chi connectivity index (χ0n) is 7.15. The average molecular weight is 126 g/mol. The van der Waals surface area contributed by atoms with Gasteiger partial charge in [-0.25, -0.2) is 0 Å². The van der Waals surface area contributed by atoms with E-state index in [4.69, 9.17) is 5.73 Å². The van der Waals surface area contributed by atoms with Crippen molar-refractivity contribution in [2.45, 2.75) is 40.0 Å². The minimum absolute atomic E-state index is 0.146. The van der Waals surface area contributed by atoms with E-state index < -0.39 is 0 Å². The topological polar surface area (TPSA) is 26.0 Å². The third kappa shape index (κ3) is 2.01. The van der Waals surface area contributed by atoms with Gasteiger partial charge in [-0.3, -0.25) is 0 Å². The maximum absolute atomic E-state index is 5.94. The van der Waals surface area contributed by atoms with Gasteiger partial charge in [0.2, 0.25) is 0 Å². The van der Waals surface area contributed by atoms with Crippen molar-refractivity contribution in [1.29, 1.82) is 0 Å². The summed E-state index contributed by atoms with van der Waals surface area (Å²) >= 11 is 0. The van der Waals surface area contributed by atoms with Gasteiger partial charge in [0.25, 0.3) is 0 Å². The molecular weight excluding hydrogens is 109 g/mol. The van der Waals surface area contributed by atoms with E-state index in [2.05, 4.69) is 20.8 Å². The van der Waals surface area contributed by atoms with E-state index in [9.17, 15) is 0 Å². The highest BCUT2D eigenvalue weighted by atomic mass is 14.7. The highest BCUT2D eigenvalue weighted by Crippen LogP contribution is 2.26. The Kier molecular flexibility index (Phi) is 2.34. The van der Waals surface area contributed by atoms with Crippen LogP contribution in [-0.4, -0.2) is 12.7 Å². The molecule has 9 heavy (non-hydrogen) atoms. The van der Waals surface area contributed by atoms with Crippen LogP contribution in [0.5, 0.6) is 0 Å². The summed E-state index contributed by atoms with van der Waals surface area (Å²) in [5.41, 5.74) is 5.96. The summed E-state index contributed by atoms with van der Waals surface area (Å²) in [6, 6.07) is 0. The van der Waals surface area contributed by atoms with E-state index >= 15 is 0 Å². The third-order valence-corrected chi connectivity index (χ3v) is 2.22. The first-order valence-electron chi connectivity index (χ1n) is 3.40. The van der Waals surface area contributed by atoms with Crippen LogP contribution >= 0.6 is 0 Å². The second-order valence-electron chi connectivity index (χ2n) is 3.82. The maximum atomic E-state index is 5.94. The van der Waals surface area contributed by atoms with Crippen molar-refractivity contribution in [3.63, 3.8) is 0 Å². The van der Waals surface area contributed by atoms with Crippen LogP contribution in [0.15, 0.2) is 0 Å². The lowest BCUT2D eigenvalue weighted by Crippen LogP contribution is -2.52. The molecule has 0 fully saturated rings. The van der Waals surface area contributed by atoms with Gasteiger partial charge in [-0.2, -0.15) is 0 Å². The molecule has 0 aromatic rings. The lowest BCUT2D eigenvalue weighted by molar-refractivity contribution is 0.295. The molecule has 0 aliphatic rings. The predicted octanol–water partition coefficient (Wildman–Crippen LogP) is 1.46. The third-order valence-electron chi connectivity index (χ3n) is 2.22. The molecule has 0 aliphatic carbocycles. The van der Waals surface area contributed by atoms with Gasteiger partial charge in [0.05, 0.1) is 0 Å². The summed E-state index contributed by atoms with van der Waals surface area (Å²) in [4.78, 5) is 0. The minimum atomic E-state index is -0.146. The first-order chi connectivity index (χ1) is 3.81. The molecule has 0 saturated heterocycles. The summed E-state index contributed by atoms with van der Waals surface area (Å²) in [5, 5.41) is 0. The van der Waals surface area contributed by atoms with Gasteiger partial charge in [-0.05, 0) is 10.9 Å². The zero-order chi connectivity index (χ0) is 7.71. The van der Waals surface area contributed by atoms with Crippen molar-refractivity contribution in [2.24, 2.45) is 11.1 Å². The van der Waals surface area contributed by atoms with E-state index in [0.717, 1.165) is 0 Å². The smallest absolute Gasteiger partial charge is 0.133 e. The number of hydrogen-bond acceptors (Lipinski definition) is 1. The molecule has 1 unspecified atom stereocenters. The molecule has 0 aromatic heterocycles. The van der Waals surface area contributed by atoms with E-state index in [1.165, 1.54) is 0 Å².